The topological polar surface area (TPSA) is 26.0 Å². The third-order valence-electron chi connectivity index (χ3n) is 2.14. The van der Waals surface area contributed by atoms with Crippen LogP contribution in [0.25, 0.3) is 0 Å². The quantitative estimate of drug-likeness (QED) is 0.628. The second-order valence-electron chi connectivity index (χ2n) is 3.36. The van der Waals surface area contributed by atoms with Crippen molar-refractivity contribution in [1.82, 2.24) is 0 Å². The Hall–Kier alpha value is -1.36. The van der Waals surface area contributed by atoms with E-state index >= 15 is 0 Å². The van der Waals surface area contributed by atoms with Gasteiger partial charge in [0.05, 0.1) is 5.56 Å². The molecule has 0 aliphatic rings. The van der Waals surface area contributed by atoms with E-state index in [2.05, 4.69) is 6.58 Å². The van der Waals surface area contributed by atoms with E-state index in [0.717, 1.165) is 12.1 Å². The lowest BCUT2D eigenvalue weighted by Gasteiger charge is -2.13. The Labute approximate surface area is 90.6 Å². The van der Waals surface area contributed by atoms with Crippen molar-refractivity contribution in [2.24, 2.45) is 5.73 Å². The zero-order chi connectivity index (χ0) is 12.3. The van der Waals surface area contributed by atoms with Gasteiger partial charge in [-0.2, -0.15) is 13.2 Å². The van der Waals surface area contributed by atoms with E-state index in [9.17, 15) is 17.6 Å². The first kappa shape index (κ1) is 12.7. The van der Waals surface area contributed by atoms with Crippen LogP contribution in [0, 0.1) is 5.82 Å². The van der Waals surface area contributed by atoms with Crippen molar-refractivity contribution >= 4 is 0 Å². The van der Waals surface area contributed by atoms with E-state index in [1.165, 1.54) is 6.08 Å². The maximum atomic E-state index is 13.2. The summed E-state index contributed by atoms with van der Waals surface area (Å²) in [7, 11) is 0. The Balaban J connectivity index is 3.13. The summed E-state index contributed by atoms with van der Waals surface area (Å²) in [6, 6.07) is 1.41. The van der Waals surface area contributed by atoms with Crippen LogP contribution in [0.1, 0.15) is 23.6 Å². The maximum Gasteiger partial charge on any atom is 0.416 e. The molecule has 16 heavy (non-hydrogen) atoms. The molecule has 0 aliphatic heterocycles. The standard InChI is InChI=1S/C11H11F4N/c1-2-3-10(16)8-6-7(11(13,14)15)4-5-9(8)12/h2,4-6,10H,1,3,16H2/t10-/m1/s1. The molecule has 0 heterocycles. The Morgan fingerprint density at radius 1 is 1.38 bits per heavy atom. The zero-order valence-electron chi connectivity index (χ0n) is 8.39. The summed E-state index contributed by atoms with van der Waals surface area (Å²) in [5.41, 5.74) is 4.50. The van der Waals surface area contributed by atoms with Gasteiger partial charge in [-0.25, -0.2) is 4.39 Å². The van der Waals surface area contributed by atoms with E-state index in [1.807, 2.05) is 0 Å². The van der Waals surface area contributed by atoms with Crippen molar-refractivity contribution in [3.63, 3.8) is 0 Å². The monoisotopic (exact) mass is 233 g/mol. The van der Waals surface area contributed by atoms with Crippen LogP contribution in [0.15, 0.2) is 30.9 Å². The normalized spacial score (nSPS) is 13.6. The lowest BCUT2D eigenvalue weighted by molar-refractivity contribution is -0.137. The van der Waals surface area contributed by atoms with Gasteiger partial charge in [0.1, 0.15) is 5.82 Å². The van der Waals surface area contributed by atoms with Gasteiger partial charge in [0, 0.05) is 11.6 Å². The summed E-state index contributed by atoms with van der Waals surface area (Å²) in [5.74, 6) is -0.734. The second kappa shape index (κ2) is 4.65. The van der Waals surface area contributed by atoms with E-state index in [1.54, 1.807) is 0 Å². The molecular weight excluding hydrogens is 222 g/mol. The summed E-state index contributed by atoms with van der Waals surface area (Å²) in [6.45, 7) is 3.40. The van der Waals surface area contributed by atoms with E-state index in [-0.39, 0.29) is 12.0 Å². The molecule has 0 fully saturated rings. The van der Waals surface area contributed by atoms with Crippen LogP contribution in [0.4, 0.5) is 17.6 Å². The number of hydrogen-bond acceptors (Lipinski definition) is 1. The van der Waals surface area contributed by atoms with Crippen molar-refractivity contribution in [3.8, 4) is 0 Å². The molecule has 2 N–H and O–H groups in total. The highest BCUT2D eigenvalue weighted by Crippen LogP contribution is 2.31. The Bertz CT molecular complexity index is 384. The van der Waals surface area contributed by atoms with Gasteiger partial charge in [0.2, 0.25) is 0 Å². The fraction of sp³-hybridized carbons (Fsp3) is 0.273. The highest BCUT2D eigenvalue weighted by atomic mass is 19.4. The van der Waals surface area contributed by atoms with Crippen molar-refractivity contribution in [2.45, 2.75) is 18.6 Å². The predicted octanol–water partition coefficient (Wildman–Crippen LogP) is 3.42. The molecule has 0 aromatic heterocycles. The summed E-state index contributed by atoms with van der Waals surface area (Å²) < 4.78 is 50.3. The first-order valence-electron chi connectivity index (χ1n) is 4.59. The Morgan fingerprint density at radius 3 is 2.50 bits per heavy atom. The van der Waals surface area contributed by atoms with Crippen LogP contribution in [-0.2, 0) is 6.18 Å². The van der Waals surface area contributed by atoms with Gasteiger partial charge in [0.25, 0.3) is 0 Å². The van der Waals surface area contributed by atoms with Crippen LogP contribution in [0.2, 0.25) is 0 Å². The molecule has 1 nitrogen and oxygen atoms in total. The number of benzene rings is 1. The largest absolute Gasteiger partial charge is 0.416 e. The molecule has 0 radical (unpaired) electrons. The molecule has 5 heteroatoms. The van der Waals surface area contributed by atoms with Gasteiger partial charge in [-0.05, 0) is 24.6 Å². The molecule has 0 saturated carbocycles. The first-order chi connectivity index (χ1) is 7.36. The number of hydrogen-bond donors (Lipinski definition) is 1. The summed E-state index contributed by atoms with van der Waals surface area (Å²) >= 11 is 0. The number of halogens is 4. The smallest absolute Gasteiger partial charge is 0.324 e. The minimum Gasteiger partial charge on any atom is -0.324 e. The molecule has 1 atom stereocenters. The van der Waals surface area contributed by atoms with Crippen LogP contribution in [0.3, 0.4) is 0 Å². The van der Waals surface area contributed by atoms with Gasteiger partial charge in [-0.1, -0.05) is 6.08 Å². The summed E-state index contributed by atoms with van der Waals surface area (Å²) in [4.78, 5) is 0. The van der Waals surface area contributed by atoms with E-state index in [0.29, 0.717) is 6.07 Å². The molecule has 0 aliphatic carbocycles. The highest BCUT2D eigenvalue weighted by molar-refractivity contribution is 5.29. The molecular formula is C11H11F4N. The summed E-state index contributed by atoms with van der Waals surface area (Å²) in [6.07, 6.45) is -2.83. The number of rotatable bonds is 3. The maximum absolute atomic E-state index is 13.2. The van der Waals surface area contributed by atoms with Gasteiger partial charge in [-0.15, -0.1) is 6.58 Å². The third kappa shape index (κ3) is 2.82. The minimum absolute atomic E-state index is 0.144. The average Bonchev–Trinajstić information content (AvgIpc) is 2.16. The van der Waals surface area contributed by atoms with Gasteiger partial charge in [-0.3, -0.25) is 0 Å². The van der Waals surface area contributed by atoms with Gasteiger partial charge >= 0.3 is 6.18 Å². The minimum atomic E-state index is -4.49. The van der Waals surface area contributed by atoms with Gasteiger partial charge < -0.3 is 5.73 Å². The molecule has 0 amide bonds. The summed E-state index contributed by atoms with van der Waals surface area (Å²) in [5, 5.41) is 0. The second-order valence-corrected chi connectivity index (χ2v) is 3.36. The van der Waals surface area contributed by atoms with Crippen LogP contribution in [-0.4, -0.2) is 0 Å². The number of alkyl halides is 3. The Morgan fingerprint density at radius 2 is 2.00 bits per heavy atom. The van der Waals surface area contributed by atoms with E-state index in [4.69, 9.17) is 5.73 Å². The molecule has 1 rings (SSSR count). The fourth-order valence-corrected chi connectivity index (χ4v) is 1.31. The van der Waals surface area contributed by atoms with Crippen LogP contribution < -0.4 is 5.73 Å². The van der Waals surface area contributed by atoms with Crippen molar-refractivity contribution in [3.05, 3.63) is 47.8 Å². The SMILES string of the molecule is C=CC[C@@H](N)c1cc(C(F)(F)F)ccc1F. The van der Waals surface area contributed by atoms with E-state index < -0.39 is 23.6 Å². The van der Waals surface area contributed by atoms with Crippen molar-refractivity contribution < 1.29 is 17.6 Å². The zero-order valence-corrected chi connectivity index (χ0v) is 8.39. The molecule has 0 spiro atoms. The number of nitrogens with two attached hydrogens (primary N) is 1. The molecule has 1 aromatic carbocycles. The fourth-order valence-electron chi connectivity index (χ4n) is 1.31. The lowest BCUT2D eigenvalue weighted by Crippen LogP contribution is -2.13. The van der Waals surface area contributed by atoms with Crippen LogP contribution >= 0.6 is 0 Å². The Kier molecular flexibility index (Phi) is 3.70. The molecule has 1 aromatic rings. The predicted molar refractivity (Wildman–Crippen MR) is 53.1 cm³/mol. The molecule has 0 bridgehead atoms. The molecule has 0 saturated heterocycles. The van der Waals surface area contributed by atoms with Gasteiger partial charge in [0.15, 0.2) is 0 Å². The van der Waals surface area contributed by atoms with Crippen molar-refractivity contribution in [1.29, 1.82) is 0 Å². The lowest BCUT2D eigenvalue weighted by atomic mass is 10.0. The third-order valence-corrected chi connectivity index (χ3v) is 2.14. The van der Waals surface area contributed by atoms with Crippen molar-refractivity contribution in [2.75, 3.05) is 0 Å². The highest BCUT2D eigenvalue weighted by Gasteiger charge is 2.31. The first-order valence-corrected chi connectivity index (χ1v) is 4.59. The average molecular weight is 233 g/mol. The van der Waals surface area contributed by atoms with Crippen LogP contribution in [0.5, 0.6) is 0 Å². The molecule has 88 valence electrons. The molecule has 0 unspecified atom stereocenters.